The van der Waals surface area contributed by atoms with Crippen molar-refractivity contribution in [3.05, 3.63) is 28.0 Å². The van der Waals surface area contributed by atoms with Crippen molar-refractivity contribution in [3.63, 3.8) is 0 Å². The molecule has 0 aliphatic heterocycles. The number of pyridine rings is 1. The lowest BCUT2D eigenvalue weighted by molar-refractivity contribution is 0.0582. The van der Waals surface area contributed by atoms with Crippen LogP contribution in [0.1, 0.15) is 36.0 Å². The van der Waals surface area contributed by atoms with Gasteiger partial charge in [0.15, 0.2) is 0 Å². The van der Waals surface area contributed by atoms with E-state index in [4.69, 9.17) is 27.9 Å². The topological polar surface area (TPSA) is 51.2 Å². The Kier molecular flexibility index (Phi) is 5.43. The summed E-state index contributed by atoms with van der Waals surface area (Å²) in [5.41, 5.74) is 0.326. The monoisotopic (exact) mass is 302 g/mol. The summed E-state index contributed by atoms with van der Waals surface area (Å²) in [4.78, 5) is 15.7. The highest BCUT2D eigenvalue weighted by Gasteiger charge is 2.15. The third kappa shape index (κ3) is 4.34. The van der Waals surface area contributed by atoms with Crippen LogP contribution in [-0.4, -0.2) is 30.1 Å². The Labute approximate surface area is 122 Å². The molecule has 1 saturated carbocycles. The van der Waals surface area contributed by atoms with Crippen molar-refractivity contribution in [2.45, 2.75) is 31.8 Å². The zero-order chi connectivity index (χ0) is 13.7. The first kappa shape index (κ1) is 14.6. The third-order valence-corrected chi connectivity index (χ3v) is 3.60. The van der Waals surface area contributed by atoms with Crippen molar-refractivity contribution in [3.8, 4) is 0 Å². The number of rotatable bonds is 5. The van der Waals surface area contributed by atoms with Crippen LogP contribution in [-0.2, 0) is 4.74 Å². The molecule has 1 aliphatic carbocycles. The van der Waals surface area contributed by atoms with Gasteiger partial charge < -0.3 is 10.1 Å². The molecule has 1 heterocycles. The second-order valence-electron chi connectivity index (χ2n) is 4.51. The van der Waals surface area contributed by atoms with E-state index in [0.717, 1.165) is 12.8 Å². The number of aromatic nitrogens is 1. The Morgan fingerprint density at radius 1 is 1.37 bits per heavy atom. The summed E-state index contributed by atoms with van der Waals surface area (Å²) in [6.45, 7) is 0.989. The van der Waals surface area contributed by atoms with E-state index in [1.807, 2.05) is 0 Å². The first-order valence-electron chi connectivity index (χ1n) is 6.38. The minimum absolute atomic E-state index is 0.113. The Bertz CT molecular complexity index is 448. The van der Waals surface area contributed by atoms with Gasteiger partial charge in [-0.2, -0.15) is 0 Å². The summed E-state index contributed by atoms with van der Waals surface area (Å²) < 4.78 is 5.65. The average Bonchev–Trinajstić information content (AvgIpc) is 2.87. The molecule has 0 radical (unpaired) electrons. The summed E-state index contributed by atoms with van der Waals surface area (Å²) in [5.74, 6) is -0.260. The fraction of sp³-hybridized carbons (Fsp3) is 0.538. The van der Waals surface area contributed by atoms with Gasteiger partial charge in [-0.1, -0.05) is 36.0 Å². The van der Waals surface area contributed by atoms with Crippen LogP contribution in [0, 0.1) is 0 Å². The number of amides is 1. The molecule has 1 fully saturated rings. The fourth-order valence-electron chi connectivity index (χ4n) is 2.12. The van der Waals surface area contributed by atoms with E-state index in [9.17, 15) is 4.79 Å². The van der Waals surface area contributed by atoms with Gasteiger partial charge in [0.2, 0.25) is 0 Å². The minimum atomic E-state index is -0.260. The van der Waals surface area contributed by atoms with Gasteiger partial charge in [-0.15, -0.1) is 0 Å². The molecule has 6 heteroatoms. The van der Waals surface area contributed by atoms with E-state index in [-0.39, 0.29) is 16.2 Å². The fourth-order valence-corrected chi connectivity index (χ4v) is 2.55. The van der Waals surface area contributed by atoms with Gasteiger partial charge in [-0.05, 0) is 25.0 Å². The predicted octanol–water partition coefficient (Wildman–Crippen LogP) is 3.08. The maximum absolute atomic E-state index is 11.8. The molecule has 0 aromatic carbocycles. The van der Waals surface area contributed by atoms with Gasteiger partial charge in [0.25, 0.3) is 5.91 Å². The van der Waals surface area contributed by atoms with E-state index >= 15 is 0 Å². The van der Waals surface area contributed by atoms with Gasteiger partial charge in [0.1, 0.15) is 10.3 Å². The summed E-state index contributed by atoms with van der Waals surface area (Å²) in [7, 11) is 0. The van der Waals surface area contributed by atoms with Crippen LogP contribution in [0.15, 0.2) is 12.1 Å². The maximum Gasteiger partial charge on any atom is 0.254 e. The standard InChI is InChI=1S/C13H16Cl2N2O2/c14-11-6-5-10(12(15)17-11)13(18)16-7-8-19-9-3-1-2-4-9/h5-6,9H,1-4,7-8H2,(H,16,18). The van der Waals surface area contributed by atoms with E-state index < -0.39 is 0 Å². The van der Waals surface area contributed by atoms with Crippen LogP contribution in [0.4, 0.5) is 0 Å². The quantitative estimate of drug-likeness (QED) is 0.672. The average molecular weight is 303 g/mol. The Morgan fingerprint density at radius 2 is 2.11 bits per heavy atom. The molecular weight excluding hydrogens is 287 g/mol. The molecule has 0 atom stereocenters. The molecule has 19 heavy (non-hydrogen) atoms. The van der Waals surface area contributed by atoms with Crippen LogP contribution >= 0.6 is 23.2 Å². The predicted molar refractivity (Wildman–Crippen MR) is 74.8 cm³/mol. The lowest BCUT2D eigenvalue weighted by atomic mass is 10.2. The number of carbonyl (C=O) groups excluding carboxylic acids is 1. The lowest BCUT2D eigenvalue weighted by Gasteiger charge is -2.11. The van der Waals surface area contributed by atoms with Crippen molar-refractivity contribution >= 4 is 29.1 Å². The second kappa shape index (κ2) is 7.08. The van der Waals surface area contributed by atoms with Crippen molar-refractivity contribution in [1.29, 1.82) is 0 Å². The van der Waals surface area contributed by atoms with Crippen molar-refractivity contribution in [1.82, 2.24) is 10.3 Å². The van der Waals surface area contributed by atoms with E-state index in [2.05, 4.69) is 10.3 Å². The molecule has 0 bridgehead atoms. The molecule has 1 aliphatic rings. The van der Waals surface area contributed by atoms with E-state index in [1.54, 1.807) is 6.07 Å². The van der Waals surface area contributed by atoms with Crippen molar-refractivity contribution < 1.29 is 9.53 Å². The Balaban J connectivity index is 1.74. The number of ether oxygens (including phenoxy) is 1. The SMILES string of the molecule is O=C(NCCOC1CCCC1)c1ccc(Cl)nc1Cl. The van der Waals surface area contributed by atoms with Crippen molar-refractivity contribution in [2.75, 3.05) is 13.2 Å². The smallest absolute Gasteiger partial charge is 0.254 e. The van der Waals surface area contributed by atoms with Gasteiger partial charge in [-0.25, -0.2) is 4.98 Å². The van der Waals surface area contributed by atoms with Gasteiger partial charge in [-0.3, -0.25) is 4.79 Å². The molecule has 2 rings (SSSR count). The number of hydrogen-bond acceptors (Lipinski definition) is 3. The van der Waals surface area contributed by atoms with Gasteiger partial charge in [0.05, 0.1) is 18.3 Å². The molecule has 1 aromatic heterocycles. The first-order chi connectivity index (χ1) is 9.16. The molecule has 1 amide bonds. The zero-order valence-corrected chi connectivity index (χ0v) is 12.0. The molecule has 0 spiro atoms. The number of nitrogens with one attached hydrogen (secondary N) is 1. The number of hydrogen-bond donors (Lipinski definition) is 1. The van der Waals surface area contributed by atoms with Crippen LogP contribution in [0.25, 0.3) is 0 Å². The lowest BCUT2D eigenvalue weighted by Crippen LogP contribution is -2.28. The largest absolute Gasteiger partial charge is 0.376 e. The van der Waals surface area contributed by atoms with Crippen LogP contribution in [0.2, 0.25) is 10.3 Å². The van der Waals surface area contributed by atoms with E-state index in [1.165, 1.54) is 18.9 Å². The number of carbonyl (C=O) groups is 1. The Hall–Kier alpha value is -0.840. The van der Waals surface area contributed by atoms with E-state index in [0.29, 0.717) is 24.8 Å². The molecule has 1 N–H and O–H groups in total. The first-order valence-corrected chi connectivity index (χ1v) is 7.14. The molecular formula is C13H16Cl2N2O2. The minimum Gasteiger partial charge on any atom is -0.376 e. The highest BCUT2D eigenvalue weighted by atomic mass is 35.5. The van der Waals surface area contributed by atoms with Crippen LogP contribution in [0.5, 0.6) is 0 Å². The summed E-state index contributed by atoms with van der Waals surface area (Å²) in [5, 5.41) is 3.13. The van der Waals surface area contributed by atoms with Crippen LogP contribution in [0.3, 0.4) is 0 Å². The molecule has 0 unspecified atom stereocenters. The second-order valence-corrected chi connectivity index (χ2v) is 5.25. The summed E-state index contributed by atoms with van der Waals surface area (Å²) in [6.07, 6.45) is 5.09. The van der Waals surface area contributed by atoms with Crippen LogP contribution < -0.4 is 5.32 Å². The number of halogens is 2. The summed E-state index contributed by atoms with van der Waals surface area (Å²) >= 11 is 11.5. The number of nitrogens with zero attached hydrogens (tertiary/aromatic N) is 1. The molecule has 4 nitrogen and oxygen atoms in total. The highest BCUT2D eigenvalue weighted by molar-refractivity contribution is 6.34. The molecule has 1 aromatic rings. The molecule has 104 valence electrons. The normalized spacial score (nSPS) is 15.7. The van der Waals surface area contributed by atoms with Gasteiger partial charge >= 0.3 is 0 Å². The Morgan fingerprint density at radius 3 is 2.79 bits per heavy atom. The van der Waals surface area contributed by atoms with Crippen molar-refractivity contribution in [2.24, 2.45) is 0 Å². The zero-order valence-electron chi connectivity index (χ0n) is 10.5. The molecule has 0 saturated heterocycles. The highest BCUT2D eigenvalue weighted by Crippen LogP contribution is 2.20. The van der Waals surface area contributed by atoms with Gasteiger partial charge in [0, 0.05) is 6.54 Å². The maximum atomic E-state index is 11.8. The third-order valence-electron chi connectivity index (χ3n) is 3.10. The summed E-state index contributed by atoms with van der Waals surface area (Å²) in [6, 6.07) is 3.10.